The Morgan fingerprint density at radius 2 is 1.92 bits per heavy atom. The van der Waals surface area contributed by atoms with Crippen LogP contribution in [0.25, 0.3) is 0 Å². The van der Waals surface area contributed by atoms with Gasteiger partial charge in [-0.2, -0.15) is 0 Å². The largest absolute Gasteiger partial charge is 0.467 e. The summed E-state index contributed by atoms with van der Waals surface area (Å²) in [6, 6.07) is 11.5. The van der Waals surface area contributed by atoms with Gasteiger partial charge in [-0.3, -0.25) is 4.79 Å². The Hall–Kier alpha value is -2.76. The first-order valence-corrected chi connectivity index (χ1v) is 9.06. The minimum Gasteiger partial charge on any atom is -0.467 e. The molecule has 0 spiro atoms. The molecule has 0 radical (unpaired) electrons. The van der Waals surface area contributed by atoms with E-state index >= 15 is 0 Å². The Morgan fingerprint density at radius 1 is 1.15 bits per heavy atom. The molecule has 1 aromatic heterocycles. The highest BCUT2D eigenvalue weighted by molar-refractivity contribution is 5.94. The Labute approximate surface area is 155 Å². The van der Waals surface area contributed by atoms with Crippen molar-refractivity contribution in [2.24, 2.45) is 4.99 Å². The van der Waals surface area contributed by atoms with Gasteiger partial charge < -0.3 is 20.4 Å². The number of benzene rings is 1. The van der Waals surface area contributed by atoms with Gasteiger partial charge in [-0.25, -0.2) is 4.99 Å². The number of hydrogen-bond donors (Lipinski definition) is 3. The lowest BCUT2D eigenvalue weighted by molar-refractivity contribution is 0.0939. The van der Waals surface area contributed by atoms with Crippen molar-refractivity contribution in [2.45, 2.75) is 46.3 Å². The zero-order valence-electron chi connectivity index (χ0n) is 15.7. The maximum absolute atomic E-state index is 12.1. The van der Waals surface area contributed by atoms with Gasteiger partial charge >= 0.3 is 0 Å². The predicted molar refractivity (Wildman–Crippen MR) is 104 cm³/mol. The van der Waals surface area contributed by atoms with Gasteiger partial charge in [0.05, 0.1) is 19.4 Å². The molecule has 1 amide bonds. The fourth-order valence-electron chi connectivity index (χ4n) is 2.27. The zero-order chi connectivity index (χ0) is 18.8. The first kappa shape index (κ1) is 19.6. The summed E-state index contributed by atoms with van der Waals surface area (Å²) < 4.78 is 5.31. The SMILES string of the molecule is CCNC(=NCc1ccc(C(=O)NC(C)CC)cc1)NCc1ccco1. The first-order valence-electron chi connectivity index (χ1n) is 9.06. The van der Waals surface area contributed by atoms with E-state index in [1.807, 2.05) is 57.2 Å². The van der Waals surface area contributed by atoms with E-state index in [4.69, 9.17) is 4.42 Å². The lowest BCUT2D eigenvalue weighted by Gasteiger charge is -2.12. The third kappa shape index (κ3) is 6.27. The molecule has 1 aromatic carbocycles. The molecular weight excluding hydrogens is 328 g/mol. The van der Waals surface area contributed by atoms with Gasteiger partial charge in [0.25, 0.3) is 5.91 Å². The van der Waals surface area contributed by atoms with Crippen LogP contribution in [-0.4, -0.2) is 24.5 Å². The van der Waals surface area contributed by atoms with E-state index in [1.165, 1.54) is 0 Å². The van der Waals surface area contributed by atoms with Gasteiger partial charge in [-0.1, -0.05) is 19.1 Å². The molecule has 0 fully saturated rings. The molecule has 2 rings (SSSR count). The molecule has 0 aliphatic carbocycles. The fraction of sp³-hybridized carbons (Fsp3) is 0.400. The van der Waals surface area contributed by atoms with Crippen LogP contribution in [0.5, 0.6) is 0 Å². The summed E-state index contributed by atoms with van der Waals surface area (Å²) >= 11 is 0. The van der Waals surface area contributed by atoms with Gasteiger partial charge in [0.2, 0.25) is 0 Å². The van der Waals surface area contributed by atoms with Gasteiger partial charge in [0.15, 0.2) is 5.96 Å². The second-order valence-electron chi connectivity index (χ2n) is 6.11. The molecule has 140 valence electrons. The van der Waals surface area contributed by atoms with Gasteiger partial charge in [-0.15, -0.1) is 0 Å². The Balaban J connectivity index is 1.92. The van der Waals surface area contributed by atoms with Gasteiger partial charge in [0.1, 0.15) is 5.76 Å². The minimum atomic E-state index is -0.0390. The van der Waals surface area contributed by atoms with E-state index < -0.39 is 0 Å². The maximum atomic E-state index is 12.1. The van der Waals surface area contributed by atoms with E-state index in [-0.39, 0.29) is 11.9 Å². The van der Waals surface area contributed by atoms with Crippen LogP contribution in [0.3, 0.4) is 0 Å². The Bertz CT molecular complexity index is 693. The van der Waals surface area contributed by atoms with Crippen LogP contribution in [0.2, 0.25) is 0 Å². The third-order valence-electron chi connectivity index (χ3n) is 3.98. The topological polar surface area (TPSA) is 78.7 Å². The average Bonchev–Trinajstić information content (AvgIpc) is 3.17. The standard InChI is InChI=1S/C20H28N4O2/c1-4-15(3)24-19(25)17-10-8-16(9-11-17)13-22-20(21-5-2)23-14-18-7-6-12-26-18/h6-12,15H,4-5,13-14H2,1-3H3,(H,24,25)(H2,21,22,23). The number of nitrogens with one attached hydrogen (secondary N) is 3. The number of aliphatic imine (C=N–C) groups is 1. The van der Waals surface area contributed by atoms with Gasteiger partial charge in [-0.05, 0) is 50.1 Å². The van der Waals surface area contributed by atoms with E-state index in [9.17, 15) is 4.79 Å². The van der Waals surface area contributed by atoms with Crippen LogP contribution in [0, 0.1) is 0 Å². The molecule has 6 nitrogen and oxygen atoms in total. The molecule has 0 bridgehead atoms. The van der Waals surface area contributed by atoms with E-state index in [2.05, 4.69) is 20.9 Å². The second kappa shape index (κ2) is 10.3. The predicted octanol–water partition coefficient (Wildman–Crippen LogP) is 3.06. The Morgan fingerprint density at radius 3 is 2.54 bits per heavy atom. The molecule has 0 aliphatic rings. The number of furan rings is 1. The highest BCUT2D eigenvalue weighted by Crippen LogP contribution is 2.07. The molecule has 0 aliphatic heterocycles. The summed E-state index contributed by atoms with van der Waals surface area (Å²) in [5.74, 6) is 1.54. The lowest BCUT2D eigenvalue weighted by Crippen LogP contribution is -2.36. The van der Waals surface area contributed by atoms with Crippen LogP contribution in [0.1, 0.15) is 48.9 Å². The number of carbonyl (C=O) groups is 1. The summed E-state index contributed by atoms with van der Waals surface area (Å²) in [7, 11) is 0. The van der Waals surface area contributed by atoms with Crippen molar-refractivity contribution in [1.29, 1.82) is 0 Å². The number of amides is 1. The van der Waals surface area contributed by atoms with Crippen molar-refractivity contribution >= 4 is 11.9 Å². The summed E-state index contributed by atoms with van der Waals surface area (Å²) in [4.78, 5) is 16.7. The maximum Gasteiger partial charge on any atom is 0.251 e. The normalized spacial score (nSPS) is 12.5. The van der Waals surface area contributed by atoms with Crippen molar-refractivity contribution in [3.63, 3.8) is 0 Å². The fourth-order valence-corrected chi connectivity index (χ4v) is 2.27. The summed E-state index contributed by atoms with van der Waals surface area (Å²) in [5, 5.41) is 9.40. The minimum absolute atomic E-state index is 0.0390. The molecule has 1 atom stereocenters. The second-order valence-corrected chi connectivity index (χ2v) is 6.11. The third-order valence-corrected chi connectivity index (χ3v) is 3.98. The number of rotatable bonds is 8. The smallest absolute Gasteiger partial charge is 0.251 e. The van der Waals surface area contributed by atoms with Crippen LogP contribution >= 0.6 is 0 Å². The van der Waals surface area contributed by atoms with Crippen molar-refractivity contribution in [3.8, 4) is 0 Å². The molecule has 6 heteroatoms. The van der Waals surface area contributed by atoms with Crippen molar-refractivity contribution in [2.75, 3.05) is 6.54 Å². The zero-order valence-corrected chi connectivity index (χ0v) is 15.7. The number of guanidine groups is 1. The number of carbonyl (C=O) groups excluding carboxylic acids is 1. The van der Waals surface area contributed by atoms with Crippen LogP contribution < -0.4 is 16.0 Å². The van der Waals surface area contributed by atoms with Crippen LogP contribution in [-0.2, 0) is 13.1 Å². The highest BCUT2D eigenvalue weighted by atomic mass is 16.3. The monoisotopic (exact) mass is 356 g/mol. The Kier molecular flexibility index (Phi) is 7.74. The molecular formula is C20H28N4O2. The van der Waals surface area contributed by atoms with Crippen molar-refractivity contribution in [3.05, 3.63) is 59.5 Å². The molecule has 26 heavy (non-hydrogen) atoms. The molecule has 0 saturated carbocycles. The van der Waals surface area contributed by atoms with Crippen LogP contribution in [0.4, 0.5) is 0 Å². The van der Waals surface area contributed by atoms with Gasteiger partial charge in [0, 0.05) is 18.2 Å². The summed E-state index contributed by atoms with van der Waals surface area (Å²) in [6.45, 7) is 7.95. The molecule has 1 heterocycles. The first-order chi connectivity index (χ1) is 12.6. The molecule has 2 aromatic rings. The van der Waals surface area contributed by atoms with Crippen molar-refractivity contribution < 1.29 is 9.21 Å². The van der Waals surface area contributed by atoms with E-state index in [0.29, 0.717) is 18.7 Å². The van der Waals surface area contributed by atoms with E-state index in [0.717, 1.165) is 30.2 Å². The molecule has 0 saturated heterocycles. The van der Waals surface area contributed by atoms with Crippen LogP contribution in [0.15, 0.2) is 52.1 Å². The highest BCUT2D eigenvalue weighted by Gasteiger charge is 2.08. The number of nitrogens with zero attached hydrogens (tertiary/aromatic N) is 1. The molecule has 3 N–H and O–H groups in total. The average molecular weight is 356 g/mol. The quantitative estimate of drug-likeness (QED) is 0.502. The molecule has 1 unspecified atom stereocenters. The lowest BCUT2D eigenvalue weighted by atomic mass is 10.1. The number of hydrogen-bond acceptors (Lipinski definition) is 3. The van der Waals surface area contributed by atoms with E-state index in [1.54, 1.807) is 6.26 Å². The summed E-state index contributed by atoms with van der Waals surface area (Å²) in [5.41, 5.74) is 1.71. The summed E-state index contributed by atoms with van der Waals surface area (Å²) in [6.07, 6.45) is 2.57. The van der Waals surface area contributed by atoms with Crippen molar-refractivity contribution in [1.82, 2.24) is 16.0 Å².